The molecule has 2 aromatic rings. The molecule has 0 saturated carbocycles. The third-order valence-corrected chi connectivity index (χ3v) is 4.22. The lowest BCUT2D eigenvalue weighted by Gasteiger charge is -2.25. The average Bonchev–Trinajstić information content (AvgIpc) is 2.61. The van der Waals surface area contributed by atoms with E-state index >= 15 is 0 Å². The highest BCUT2D eigenvalue weighted by Gasteiger charge is 2.16. The van der Waals surface area contributed by atoms with Gasteiger partial charge in [0.2, 0.25) is 0 Å². The predicted molar refractivity (Wildman–Crippen MR) is 102 cm³/mol. The normalized spacial score (nSPS) is 10.7. The minimum atomic E-state index is 0.467. The number of nitrogens with zero attached hydrogens (tertiary/aromatic N) is 3. The minimum absolute atomic E-state index is 0.467. The summed E-state index contributed by atoms with van der Waals surface area (Å²) < 4.78 is 10.3. The molecule has 7 nitrogen and oxygen atoms in total. The summed E-state index contributed by atoms with van der Waals surface area (Å²) in [5, 5.41) is 3.92. The molecule has 0 atom stereocenters. The molecule has 1 heterocycles. The lowest BCUT2D eigenvalue weighted by atomic mass is 10.2. The van der Waals surface area contributed by atoms with E-state index in [0.29, 0.717) is 48.6 Å². The maximum atomic E-state index is 6.32. The Kier molecular flexibility index (Phi) is 7.24. The van der Waals surface area contributed by atoms with Gasteiger partial charge in [0.25, 0.3) is 0 Å². The quantitative estimate of drug-likeness (QED) is 0.706. The molecule has 1 aromatic heterocycles. The Morgan fingerprint density at radius 2 is 1.84 bits per heavy atom. The Hall–Kier alpha value is -2.09. The number of hydrogen-bond acceptors (Lipinski definition) is 7. The Morgan fingerprint density at radius 1 is 1.16 bits per heavy atom. The van der Waals surface area contributed by atoms with Crippen LogP contribution in [0.25, 0.3) is 0 Å². The number of anilines is 4. The molecule has 0 amide bonds. The van der Waals surface area contributed by atoms with E-state index in [-0.39, 0.29) is 0 Å². The van der Waals surface area contributed by atoms with Crippen LogP contribution in [0.3, 0.4) is 0 Å². The Bertz CT molecular complexity index is 691. The smallest absolute Gasteiger partial charge is 0.159 e. The highest BCUT2D eigenvalue weighted by Crippen LogP contribution is 2.31. The topological polar surface area (TPSA) is 85.5 Å². The van der Waals surface area contributed by atoms with Crippen molar-refractivity contribution in [3.8, 4) is 0 Å². The van der Waals surface area contributed by atoms with Crippen LogP contribution >= 0.6 is 11.6 Å². The van der Waals surface area contributed by atoms with Crippen LogP contribution in [0.4, 0.5) is 23.0 Å². The number of nitrogens with one attached hydrogen (secondary N) is 1. The van der Waals surface area contributed by atoms with Crippen LogP contribution in [0, 0.1) is 6.92 Å². The average molecular weight is 366 g/mol. The summed E-state index contributed by atoms with van der Waals surface area (Å²) in [5.74, 6) is 1.18. The van der Waals surface area contributed by atoms with E-state index < -0.39 is 0 Å². The fourth-order valence-electron chi connectivity index (χ4n) is 2.33. The van der Waals surface area contributed by atoms with E-state index in [9.17, 15) is 0 Å². The van der Waals surface area contributed by atoms with Crippen LogP contribution in [-0.4, -0.2) is 50.5 Å². The number of hydrogen-bond donors (Lipinski definition) is 2. The maximum Gasteiger partial charge on any atom is 0.159 e. The van der Waals surface area contributed by atoms with Crippen molar-refractivity contribution in [2.24, 2.45) is 0 Å². The van der Waals surface area contributed by atoms with Gasteiger partial charge >= 0.3 is 0 Å². The van der Waals surface area contributed by atoms with Crippen molar-refractivity contribution in [2.45, 2.75) is 6.92 Å². The van der Waals surface area contributed by atoms with Crippen molar-refractivity contribution in [2.75, 3.05) is 56.5 Å². The van der Waals surface area contributed by atoms with E-state index in [2.05, 4.69) is 15.3 Å². The molecule has 0 fully saturated rings. The molecule has 136 valence electrons. The fraction of sp³-hybridized carbons (Fsp3) is 0.412. The molecule has 8 heteroatoms. The molecule has 0 aliphatic rings. The standard InChI is InChI=1S/C17H24ClN5O2/c1-12-13(18)5-4-6-14(12)22-16-15(19)17(21-11-20-16)23(7-9-24-2)8-10-25-3/h4-6,11H,7-10,19H2,1-3H3,(H,20,21,22). The Labute approximate surface area is 153 Å². The Balaban J connectivity index is 2.29. The number of aromatic nitrogens is 2. The van der Waals surface area contributed by atoms with Crippen molar-refractivity contribution in [1.82, 2.24) is 9.97 Å². The van der Waals surface area contributed by atoms with E-state index in [4.69, 9.17) is 26.8 Å². The third kappa shape index (κ3) is 4.94. The number of benzene rings is 1. The highest BCUT2D eigenvalue weighted by molar-refractivity contribution is 6.31. The van der Waals surface area contributed by atoms with E-state index in [1.807, 2.05) is 30.0 Å². The molecule has 3 N–H and O–H groups in total. The van der Waals surface area contributed by atoms with Crippen molar-refractivity contribution in [1.29, 1.82) is 0 Å². The monoisotopic (exact) mass is 365 g/mol. The molecule has 0 radical (unpaired) electrons. The third-order valence-electron chi connectivity index (χ3n) is 3.81. The van der Waals surface area contributed by atoms with Crippen molar-refractivity contribution in [3.63, 3.8) is 0 Å². The fourth-order valence-corrected chi connectivity index (χ4v) is 2.51. The van der Waals surface area contributed by atoms with E-state index in [1.54, 1.807) is 14.2 Å². The van der Waals surface area contributed by atoms with E-state index in [1.165, 1.54) is 6.33 Å². The molecule has 0 saturated heterocycles. The summed E-state index contributed by atoms with van der Waals surface area (Å²) in [6.07, 6.45) is 1.49. The van der Waals surface area contributed by atoms with Gasteiger partial charge in [0, 0.05) is 38.0 Å². The first-order chi connectivity index (χ1) is 12.1. The maximum absolute atomic E-state index is 6.32. The Morgan fingerprint density at radius 3 is 2.48 bits per heavy atom. The molecule has 0 aliphatic carbocycles. The van der Waals surface area contributed by atoms with Crippen molar-refractivity contribution >= 4 is 34.6 Å². The van der Waals surface area contributed by atoms with Gasteiger partial charge in [0.1, 0.15) is 12.0 Å². The number of rotatable bonds is 9. The molecule has 0 spiro atoms. The molecule has 0 unspecified atom stereocenters. The van der Waals surface area contributed by atoms with Crippen LogP contribution in [0.5, 0.6) is 0 Å². The first-order valence-corrected chi connectivity index (χ1v) is 8.31. The van der Waals surface area contributed by atoms with Crippen molar-refractivity contribution in [3.05, 3.63) is 35.1 Å². The number of halogens is 1. The van der Waals surface area contributed by atoms with Crippen LogP contribution in [0.15, 0.2) is 24.5 Å². The molecule has 2 rings (SSSR count). The lowest BCUT2D eigenvalue weighted by Crippen LogP contribution is -2.32. The number of nitrogens with two attached hydrogens (primary N) is 1. The second kappa shape index (κ2) is 9.41. The van der Waals surface area contributed by atoms with Gasteiger partial charge in [0.15, 0.2) is 11.6 Å². The molecular weight excluding hydrogens is 342 g/mol. The SMILES string of the molecule is COCCN(CCOC)c1ncnc(Nc2cccc(Cl)c2C)c1N. The number of methoxy groups -OCH3 is 2. The van der Waals surface area contributed by atoms with Gasteiger partial charge < -0.3 is 25.4 Å². The van der Waals surface area contributed by atoms with Crippen molar-refractivity contribution < 1.29 is 9.47 Å². The largest absolute Gasteiger partial charge is 0.393 e. The summed E-state index contributed by atoms with van der Waals surface area (Å²) in [6, 6.07) is 5.64. The van der Waals surface area contributed by atoms with Gasteiger partial charge in [-0.1, -0.05) is 17.7 Å². The minimum Gasteiger partial charge on any atom is -0.393 e. The first-order valence-electron chi connectivity index (χ1n) is 7.94. The van der Waals surface area contributed by atoms with Gasteiger partial charge in [-0.3, -0.25) is 0 Å². The van der Waals surface area contributed by atoms with Crippen LogP contribution in [0.1, 0.15) is 5.56 Å². The second-order valence-electron chi connectivity index (χ2n) is 5.47. The molecule has 0 aliphatic heterocycles. The van der Waals surface area contributed by atoms with Gasteiger partial charge in [0.05, 0.1) is 13.2 Å². The number of nitrogen functional groups attached to an aromatic ring is 1. The van der Waals surface area contributed by atoms with Gasteiger partial charge in [-0.2, -0.15) is 0 Å². The summed E-state index contributed by atoms with van der Waals surface area (Å²) in [6.45, 7) is 4.35. The van der Waals surface area contributed by atoms with Gasteiger partial charge in [-0.05, 0) is 24.6 Å². The van der Waals surface area contributed by atoms with E-state index in [0.717, 1.165) is 11.3 Å². The molecule has 1 aromatic carbocycles. The predicted octanol–water partition coefficient (Wildman–Crippen LogP) is 2.86. The zero-order valence-corrected chi connectivity index (χ0v) is 15.5. The zero-order valence-electron chi connectivity index (χ0n) is 14.8. The first kappa shape index (κ1) is 19.2. The number of ether oxygens (including phenoxy) is 2. The molecule has 0 bridgehead atoms. The summed E-state index contributed by atoms with van der Waals surface area (Å²) in [7, 11) is 3.32. The zero-order chi connectivity index (χ0) is 18.2. The molecule has 25 heavy (non-hydrogen) atoms. The van der Waals surface area contributed by atoms with Crippen LogP contribution < -0.4 is 16.0 Å². The summed E-state index contributed by atoms with van der Waals surface area (Å²) >= 11 is 6.18. The summed E-state index contributed by atoms with van der Waals surface area (Å²) in [5.41, 5.74) is 8.57. The molecular formula is C17H24ClN5O2. The van der Waals surface area contributed by atoms with Gasteiger partial charge in [-0.25, -0.2) is 9.97 Å². The second-order valence-corrected chi connectivity index (χ2v) is 5.88. The lowest BCUT2D eigenvalue weighted by molar-refractivity contribution is 0.190. The van der Waals surface area contributed by atoms with Crippen LogP contribution in [-0.2, 0) is 9.47 Å². The highest BCUT2D eigenvalue weighted by atomic mass is 35.5. The van der Waals surface area contributed by atoms with Gasteiger partial charge in [-0.15, -0.1) is 0 Å². The van der Waals surface area contributed by atoms with Crippen LogP contribution in [0.2, 0.25) is 5.02 Å². The summed E-state index contributed by atoms with van der Waals surface area (Å²) in [4.78, 5) is 10.6.